The standard InChI is InChI=1S/C24H20F3N3O2S/c1-15(31)19-4-2-3-5-20(19)17-9-12-21-22(14-17)29-23(28-21)13-8-16-6-10-18(11-7-16)30-33(32)24(25,26)27/h4-7,9-12,14-15,30-31H,2-3H2,1H3,(H,28,29). The molecular weight excluding hydrogens is 451 g/mol. The van der Waals surface area contributed by atoms with Crippen LogP contribution < -0.4 is 4.72 Å². The predicted molar refractivity (Wildman–Crippen MR) is 123 cm³/mol. The SMILES string of the molecule is CC(O)C1=CCCC=C1c1ccc2nc(C#Cc3ccc(NS(=O)C(F)(F)F)cc3)[nH]c2c1. The van der Waals surface area contributed by atoms with Gasteiger partial charge in [-0.25, -0.2) is 9.19 Å². The molecule has 1 aliphatic rings. The summed E-state index contributed by atoms with van der Waals surface area (Å²) in [4.78, 5) is 7.63. The van der Waals surface area contributed by atoms with Crippen LogP contribution in [0, 0.1) is 11.8 Å². The highest BCUT2D eigenvalue weighted by atomic mass is 32.2. The van der Waals surface area contributed by atoms with E-state index in [9.17, 15) is 22.5 Å². The van der Waals surface area contributed by atoms with Crippen LogP contribution in [-0.4, -0.2) is 30.9 Å². The number of halogens is 3. The third-order valence-corrected chi connectivity index (χ3v) is 5.91. The van der Waals surface area contributed by atoms with Crippen LogP contribution in [0.2, 0.25) is 0 Å². The fourth-order valence-corrected chi connectivity index (χ4v) is 3.99. The Balaban J connectivity index is 1.52. The average Bonchev–Trinajstić information content (AvgIpc) is 3.20. The van der Waals surface area contributed by atoms with E-state index in [1.165, 1.54) is 24.3 Å². The molecular formula is C24H20F3N3O2S. The number of rotatable bonds is 4. The summed E-state index contributed by atoms with van der Waals surface area (Å²) in [7, 11) is -3.17. The van der Waals surface area contributed by atoms with Crippen molar-refractivity contribution < 1.29 is 22.5 Å². The minimum absolute atomic E-state index is 0.0788. The van der Waals surface area contributed by atoms with E-state index in [0.29, 0.717) is 11.4 Å². The third kappa shape index (κ3) is 5.35. The molecule has 5 nitrogen and oxygen atoms in total. The summed E-state index contributed by atoms with van der Waals surface area (Å²) in [6.07, 6.45) is 5.47. The van der Waals surface area contributed by atoms with E-state index >= 15 is 0 Å². The molecule has 0 fully saturated rings. The minimum Gasteiger partial charge on any atom is -0.389 e. The number of nitrogens with one attached hydrogen (secondary N) is 2. The number of fused-ring (bicyclic) bond motifs is 1. The topological polar surface area (TPSA) is 78.0 Å². The van der Waals surface area contributed by atoms with E-state index in [2.05, 4.69) is 34.0 Å². The molecule has 0 aliphatic heterocycles. The van der Waals surface area contributed by atoms with Gasteiger partial charge in [-0.05, 0) is 78.8 Å². The number of imidazole rings is 1. The molecule has 1 heterocycles. The number of H-pyrrole nitrogens is 1. The van der Waals surface area contributed by atoms with E-state index in [1.807, 2.05) is 22.9 Å². The molecule has 0 saturated heterocycles. The van der Waals surface area contributed by atoms with Gasteiger partial charge in [-0.15, -0.1) is 0 Å². The van der Waals surface area contributed by atoms with Crippen LogP contribution in [0.15, 0.2) is 60.2 Å². The fraction of sp³-hybridized carbons (Fsp3) is 0.208. The summed E-state index contributed by atoms with van der Waals surface area (Å²) in [5, 5.41) is 10.1. The monoisotopic (exact) mass is 471 g/mol. The zero-order chi connectivity index (χ0) is 23.6. The van der Waals surface area contributed by atoms with Gasteiger partial charge in [0.1, 0.15) is 0 Å². The number of aromatic amines is 1. The number of benzene rings is 2. The Labute approximate surface area is 191 Å². The number of nitrogens with zero attached hydrogens (tertiary/aromatic N) is 1. The van der Waals surface area contributed by atoms with E-state index in [-0.39, 0.29) is 5.69 Å². The Morgan fingerprint density at radius 2 is 1.85 bits per heavy atom. The van der Waals surface area contributed by atoms with Crippen LogP contribution in [0.4, 0.5) is 18.9 Å². The van der Waals surface area contributed by atoms with Crippen LogP contribution in [-0.2, 0) is 11.0 Å². The van der Waals surface area contributed by atoms with Crippen molar-refractivity contribution in [1.29, 1.82) is 0 Å². The molecule has 2 aromatic carbocycles. The normalized spacial score (nSPS) is 15.8. The predicted octanol–water partition coefficient (Wildman–Crippen LogP) is 5.04. The smallest absolute Gasteiger partial charge is 0.389 e. The van der Waals surface area contributed by atoms with Gasteiger partial charge in [0.2, 0.25) is 11.0 Å². The molecule has 0 radical (unpaired) electrons. The van der Waals surface area contributed by atoms with Crippen molar-refractivity contribution >= 4 is 33.3 Å². The molecule has 0 saturated carbocycles. The molecule has 33 heavy (non-hydrogen) atoms. The number of aromatic nitrogens is 2. The summed E-state index contributed by atoms with van der Waals surface area (Å²) in [5.41, 5.74) is 0.281. The van der Waals surface area contributed by atoms with Gasteiger partial charge in [0.25, 0.3) is 0 Å². The largest absolute Gasteiger partial charge is 0.490 e. The molecule has 0 spiro atoms. The Morgan fingerprint density at radius 1 is 1.12 bits per heavy atom. The Hall–Kier alpha value is -3.35. The Bertz CT molecular complexity index is 1330. The molecule has 9 heteroatoms. The van der Waals surface area contributed by atoms with Crippen molar-refractivity contribution in [2.24, 2.45) is 0 Å². The quantitative estimate of drug-likeness (QED) is 0.467. The highest BCUT2D eigenvalue weighted by Crippen LogP contribution is 2.31. The molecule has 4 rings (SSSR count). The summed E-state index contributed by atoms with van der Waals surface area (Å²) < 4.78 is 50.2. The van der Waals surface area contributed by atoms with Crippen LogP contribution in [0.3, 0.4) is 0 Å². The van der Waals surface area contributed by atoms with Crippen LogP contribution in [0.25, 0.3) is 16.6 Å². The molecule has 0 bridgehead atoms. The summed E-state index contributed by atoms with van der Waals surface area (Å²) in [6, 6.07) is 11.6. The maximum atomic E-state index is 12.4. The van der Waals surface area contributed by atoms with Gasteiger partial charge in [0, 0.05) is 11.3 Å². The van der Waals surface area contributed by atoms with E-state index in [0.717, 1.165) is 40.6 Å². The zero-order valence-electron chi connectivity index (χ0n) is 17.5. The molecule has 1 aromatic heterocycles. The number of hydrogen-bond donors (Lipinski definition) is 3. The molecule has 2 atom stereocenters. The van der Waals surface area contributed by atoms with Gasteiger partial charge < -0.3 is 10.1 Å². The van der Waals surface area contributed by atoms with Gasteiger partial charge in [-0.1, -0.05) is 24.1 Å². The summed E-state index contributed by atoms with van der Waals surface area (Å²) in [6.45, 7) is 1.76. The molecule has 2 unspecified atom stereocenters. The first-order chi connectivity index (χ1) is 15.7. The lowest BCUT2D eigenvalue weighted by Crippen LogP contribution is -2.22. The number of hydrogen-bond acceptors (Lipinski definition) is 3. The van der Waals surface area contributed by atoms with E-state index in [4.69, 9.17) is 0 Å². The van der Waals surface area contributed by atoms with Crippen molar-refractivity contribution in [3.63, 3.8) is 0 Å². The first-order valence-corrected chi connectivity index (χ1v) is 11.3. The Kier molecular flexibility index (Phi) is 6.40. The number of allylic oxidation sites excluding steroid dienone is 2. The van der Waals surface area contributed by atoms with Crippen LogP contribution in [0.5, 0.6) is 0 Å². The molecule has 0 amide bonds. The van der Waals surface area contributed by atoms with Gasteiger partial charge >= 0.3 is 5.51 Å². The van der Waals surface area contributed by atoms with Gasteiger partial charge in [0.15, 0.2) is 5.82 Å². The van der Waals surface area contributed by atoms with E-state index < -0.39 is 22.6 Å². The minimum atomic E-state index is -4.83. The summed E-state index contributed by atoms with van der Waals surface area (Å²) in [5.74, 6) is 6.28. The molecule has 1 aliphatic carbocycles. The first kappa shape index (κ1) is 22.8. The number of aliphatic hydroxyl groups excluding tert-OH is 1. The summed E-state index contributed by atoms with van der Waals surface area (Å²) >= 11 is 0. The van der Waals surface area contributed by atoms with Gasteiger partial charge in [0.05, 0.1) is 17.1 Å². The zero-order valence-corrected chi connectivity index (χ0v) is 18.3. The highest BCUT2D eigenvalue weighted by Gasteiger charge is 2.37. The third-order valence-electron chi connectivity index (χ3n) is 5.06. The second-order valence-electron chi connectivity index (χ2n) is 7.49. The second kappa shape index (κ2) is 9.25. The molecule has 3 aromatic rings. The van der Waals surface area contributed by atoms with Crippen molar-refractivity contribution in [2.45, 2.75) is 31.4 Å². The maximum Gasteiger partial charge on any atom is 0.490 e. The maximum absolute atomic E-state index is 12.4. The number of aliphatic hydroxyl groups is 1. The lowest BCUT2D eigenvalue weighted by molar-refractivity contribution is -0.0379. The highest BCUT2D eigenvalue weighted by molar-refractivity contribution is 7.87. The van der Waals surface area contributed by atoms with Crippen molar-refractivity contribution in [1.82, 2.24) is 9.97 Å². The number of alkyl halides is 3. The van der Waals surface area contributed by atoms with Gasteiger partial charge in [-0.3, -0.25) is 4.72 Å². The van der Waals surface area contributed by atoms with Crippen molar-refractivity contribution in [2.75, 3.05) is 4.72 Å². The van der Waals surface area contributed by atoms with Gasteiger partial charge in [-0.2, -0.15) is 13.2 Å². The molecule has 170 valence electrons. The fourth-order valence-electron chi connectivity index (χ4n) is 3.53. The number of anilines is 1. The average molecular weight is 472 g/mol. The van der Waals surface area contributed by atoms with E-state index in [1.54, 1.807) is 6.92 Å². The van der Waals surface area contributed by atoms with Crippen molar-refractivity contribution in [3.8, 4) is 11.8 Å². The van der Waals surface area contributed by atoms with Crippen LogP contribution >= 0.6 is 0 Å². The lowest BCUT2D eigenvalue weighted by atomic mass is 9.89. The molecule has 3 N–H and O–H groups in total. The lowest BCUT2D eigenvalue weighted by Gasteiger charge is -2.19. The van der Waals surface area contributed by atoms with Crippen molar-refractivity contribution in [3.05, 3.63) is 77.1 Å². The Morgan fingerprint density at radius 3 is 2.55 bits per heavy atom. The second-order valence-corrected chi connectivity index (χ2v) is 8.70. The first-order valence-electron chi connectivity index (χ1n) is 10.2. The van der Waals surface area contributed by atoms with Crippen LogP contribution in [0.1, 0.15) is 36.7 Å².